The third kappa shape index (κ3) is 5.33. The van der Waals surface area contributed by atoms with E-state index >= 15 is 0 Å². The molecule has 1 aromatic heterocycles. The van der Waals surface area contributed by atoms with Crippen LogP contribution in [0.1, 0.15) is 32.4 Å². The zero-order valence-electron chi connectivity index (χ0n) is 11.6. The van der Waals surface area contributed by atoms with E-state index in [-0.39, 0.29) is 0 Å². The second kappa shape index (κ2) is 7.45. The van der Waals surface area contributed by atoms with Crippen molar-refractivity contribution in [1.82, 2.24) is 19.8 Å². The van der Waals surface area contributed by atoms with Gasteiger partial charge in [0.25, 0.3) is 0 Å². The average Bonchev–Trinajstić information content (AvgIpc) is 2.71. The summed E-state index contributed by atoms with van der Waals surface area (Å²) in [6.07, 6.45) is 6.21. The number of nitrogens with zero attached hydrogens (tertiary/aromatic N) is 3. The van der Waals surface area contributed by atoms with E-state index in [2.05, 4.69) is 47.7 Å². The molecule has 0 aliphatic rings. The molecule has 0 fully saturated rings. The molecule has 0 spiro atoms. The van der Waals surface area contributed by atoms with Crippen molar-refractivity contribution in [2.45, 2.75) is 45.8 Å². The lowest BCUT2D eigenvalue weighted by Crippen LogP contribution is -2.30. The SMILES string of the molecule is CCCn1cncc1CNC(C)CCN(C)C. The molecule has 17 heavy (non-hydrogen) atoms. The Morgan fingerprint density at radius 1 is 1.47 bits per heavy atom. The fourth-order valence-corrected chi connectivity index (χ4v) is 1.77. The minimum atomic E-state index is 0.544. The lowest BCUT2D eigenvalue weighted by Gasteiger charge is -2.17. The second-order valence-corrected chi connectivity index (χ2v) is 4.95. The van der Waals surface area contributed by atoms with Gasteiger partial charge in [0, 0.05) is 25.3 Å². The summed E-state index contributed by atoms with van der Waals surface area (Å²) < 4.78 is 2.23. The Balaban J connectivity index is 2.31. The fourth-order valence-electron chi connectivity index (χ4n) is 1.77. The molecule has 0 aliphatic carbocycles. The van der Waals surface area contributed by atoms with Crippen LogP contribution in [0.3, 0.4) is 0 Å². The lowest BCUT2D eigenvalue weighted by atomic mass is 10.2. The normalized spacial score (nSPS) is 13.2. The Morgan fingerprint density at radius 3 is 2.88 bits per heavy atom. The summed E-state index contributed by atoms with van der Waals surface area (Å²) in [4.78, 5) is 6.43. The first-order chi connectivity index (χ1) is 8.13. The van der Waals surface area contributed by atoms with Gasteiger partial charge in [-0.05, 0) is 40.4 Å². The maximum atomic E-state index is 4.21. The fraction of sp³-hybridized carbons (Fsp3) is 0.769. The third-order valence-corrected chi connectivity index (χ3v) is 2.90. The Labute approximate surface area is 105 Å². The first-order valence-electron chi connectivity index (χ1n) is 6.50. The maximum absolute atomic E-state index is 4.21. The molecule has 98 valence electrons. The van der Waals surface area contributed by atoms with Crippen LogP contribution in [0.25, 0.3) is 0 Å². The molecule has 1 atom stereocenters. The lowest BCUT2D eigenvalue weighted by molar-refractivity contribution is 0.364. The van der Waals surface area contributed by atoms with Crippen LogP contribution in [0.5, 0.6) is 0 Å². The standard InChI is InChI=1S/C13H26N4/c1-5-7-17-11-14-9-13(17)10-15-12(2)6-8-16(3)4/h9,11-12,15H,5-8,10H2,1-4H3. The van der Waals surface area contributed by atoms with E-state index in [0.717, 1.165) is 26.1 Å². The largest absolute Gasteiger partial charge is 0.333 e. The highest BCUT2D eigenvalue weighted by Gasteiger charge is 2.05. The molecule has 0 saturated heterocycles. The smallest absolute Gasteiger partial charge is 0.0948 e. The van der Waals surface area contributed by atoms with Crippen LogP contribution in [-0.2, 0) is 13.1 Å². The predicted molar refractivity (Wildman–Crippen MR) is 72.0 cm³/mol. The summed E-state index contributed by atoms with van der Waals surface area (Å²) in [7, 11) is 4.23. The molecule has 0 bridgehead atoms. The Morgan fingerprint density at radius 2 is 2.24 bits per heavy atom. The first-order valence-corrected chi connectivity index (χ1v) is 6.50. The number of aryl methyl sites for hydroxylation is 1. The van der Waals surface area contributed by atoms with Crippen LogP contribution in [-0.4, -0.2) is 41.1 Å². The van der Waals surface area contributed by atoms with Crippen molar-refractivity contribution in [2.75, 3.05) is 20.6 Å². The average molecular weight is 238 g/mol. The molecule has 0 radical (unpaired) electrons. The molecule has 4 nitrogen and oxygen atoms in total. The predicted octanol–water partition coefficient (Wildman–Crippen LogP) is 1.72. The van der Waals surface area contributed by atoms with E-state index in [1.807, 2.05) is 12.5 Å². The zero-order valence-corrected chi connectivity index (χ0v) is 11.6. The molecule has 1 heterocycles. The molecule has 0 saturated carbocycles. The van der Waals surface area contributed by atoms with Crippen molar-refractivity contribution < 1.29 is 0 Å². The van der Waals surface area contributed by atoms with Gasteiger partial charge in [0.15, 0.2) is 0 Å². The van der Waals surface area contributed by atoms with Crippen molar-refractivity contribution in [1.29, 1.82) is 0 Å². The molecule has 1 aromatic rings. The molecular weight excluding hydrogens is 212 g/mol. The monoisotopic (exact) mass is 238 g/mol. The Kier molecular flexibility index (Phi) is 6.22. The molecule has 0 aromatic carbocycles. The van der Waals surface area contributed by atoms with Crippen LogP contribution < -0.4 is 5.32 Å². The molecule has 0 amide bonds. The summed E-state index contributed by atoms with van der Waals surface area (Å²) in [5, 5.41) is 3.55. The summed E-state index contributed by atoms with van der Waals surface area (Å²) in [5.41, 5.74) is 1.28. The zero-order chi connectivity index (χ0) is 12.7. The Bertz CT molecular complexity index is 306. The minimum Gasteiger partial charge on any atom is -0.333 e. The van der Waals surface area contributed by atoms with Crippen molar-refractivity contribution in [2.24, 2.45) is 0 Å². The highest BCUT2D eigenvalue weighted by atomic mass is 15.1. The van der Waals surface area contributed by atoms with E-state index in [4.69, 9.17) is 0 Å². The molecule has 1 N–H and O–H groups in total. The number of hydrogen-bond donors (Lipinski definition) is 1. The van der Waals surface area contributed by atoms with Gasteiger partial charge in [-0.2, -0.15) is 0 Å². The molecule has 1 unspecified atom stereocenters. The highest BCUT2D eigenvalue weighted by Crippen LogP contribution is 2.02. The first kappa shape index (κ1) is 14.2. The molecule has 4 heteroatoms. The van der Waals surface area contributed by atoms with Gasteiger partial charge in [-0.25, -0.2) is 4.98 Å². The van der Waals surface area contributed by atoms with Gasteiger partial charge in [0.05, 0.1) is 12.0 Å². The Hall–Kier alpha value is -0.870. The highest BCUT2D eigenvalue weighted by molar-refractivity contribution is 4.98. The van der Waals surface area contributed by atoms with E-state index in [1.54, 1.807) is 0 Å². The number of imidazole rings is 1. The van der Waals surface area contributed by atoms with Crippen LogP contribution in [0.2, 0.25) is 0 Å². The minimum absolute atomic E-state index is 0.544. The van der Waals surface area contributed by atoms with E-state index in [1.165, 1.54) is 12.1 Å². The van der Waals surface area contributed by atoms with Crippen molar-refractivity contribution >= 4 is 0 Å². The van der Waals surface area contributed by atoms with Gasteiger partial charge in [-0.15, -0.1) is 0 Å². The summed E-state index contributed by atoms with van der Waals surface area (Å²) in [6, 6.07) is 0.544. The number of aromatic nitrogens is 2. The quantitative estimate of drug-likeness (QED) is 0.748. The van der Waals surface area contributed by atoms with Gasteiger partial charge in [0.2, 0.25) is 0 Å². The van der Waals surface area contributed by atoms with Gasteiger partial charge in [0.1, 0.15) is 0 Å². The number of hydrogen-bond acceptors (Lipinski definition) is 3. The topological polar surface area (TPSA) is 33.1 Å². The van der Waals surface area contributed by atoms with E-state index in [9.17, 15) is 0 Å². The van der Waals surface area contributed by atoms with Gasteiger partial charge >= 0.3 is 0 Å². The summed E-state index contributed by atoms with van der Waals surface area (Å²) in [6.45, 7) is 7.53. The van der Waals surface area contributed by atoms with Crippen LogP contribution in [0.4, 0.5) is 0 Å². The van der Waals surface area contributed by atoms with Crippen LogP contribution in [0.15, 0.2) is 12.5 Å². The third-order valence-electron chi connectivity index (χ3n) is 2.90. The number of nitrogens with one attached hydrogen (secondary N) is 1. The summed E-state index contributed by atoms with van der Waals surface area (Å²) in [5.74, 6) is 0. The van der Waals surface area contributed by atoms with E-state index < -0.39 is 0 Å². The van der Waals surface area contributed by atoms with Gasteiger partial charge in [-0.3, -0.25) is 0 Å². The summed E-state index contributed by atoms with van der Waals surface area (Å²) >= 11 is 0. The van der Waals surface area contributed by atoms with Gasteiger partial charge in [-0.1, -0.05) is 6.92 Å². The van der Waals surface area contributed by atoms with Crippen molar-refractivity contribution in [3.05, 3.63) is 18.2 Å². The van der Waals surface area contributed by atoms with E-state index in [0.29, 0.717) is 6.04 Å². The second-order valence-electron chi connectivity index (χ2n) is 4.95. The van der Waals surface area contributed by atoms with Crippen molar-refractivity contribution in [3.63, 3.8) is 0 Å². The van der Waals surface area contributed by atoms with Crippen molar-refractivity contribution in [3.8, 4) is 0 Å². The number of rotatable bonds is 8. The molecular formula is C13H26N4. The van der Waals surface area contributed by atoms with Crippen LogP contribution >= 0.6 is 0 Å². The molecule has 1 rings (SSSR count). The maximum Gasteiger partial charge on any atom is 0.0948 e. The molecule has 0 aliphatic heterocycles. The van der Waals surface area contributed by atoms with Crippen LogP contribution in [0, 0.1) is 0 Å². The van der Waals surface area contributed by atoms with Gasteiger partial charge < -0.3 is 14.8 Å².